The molecule has 0 aromatic heterocycles. The first kappa shape index (κ1) is 19.8. The predicted octanol–water partition coefficient (Wildman–Crippen LogP) is 1.36. The first-order valence-corrected chi connectivity index (χ1v) is 9.89. The van der Waals surface area contributed by atoms with E-state index in [0.717, 1.165) is 5.69 Å². The van der Waals surface area contributed by atoms with Crippen molar-refractivity contribution < 1.29 is 28.5 Å². The molecule has 3 amide bonds. The smallest absolute Gasteiger partial charge is 0.317 e. The Morgan fingerprint density at radius 3 is 2.48 bits per heavy atom. The summed E-state index contributed by atoms with van der Waals surface area (Å²) >= 11 is 0. The van der Waals surface area contributed by atoms with Gasteiger partial charge in [-0.3, -0.25) is 4.79 Å². The molecule has 9 heteroatoms. The normalized spacial score (nSPS) is 23.5. The molecule has 3 aliphatic heterocycles. The number of likely N-dealkylation sites (tertiary alicyclic amines) is 1. The lowest BCUT2D eigenvalue weighted by Crippen LogP contribution is -2.52. The van der Waals surface area contributed by atoms with Crippen LogP contribution < -0.4 is 19.7 Å². The van der Waals surface area contributed by atoms with Crippen molar-refractivity contribution in [3.05, 3.63) is 18.2 Å². The van der Waals surface area contributed by atoms with E-state index in [0.29, 0.717) is 57.2 Å². The third-order valence-electron chi connectivity index (χ3n) is 5.76. The summed E-state index contributed by atoms with van der Waals surface area (Å²) in [6, 6.07) is 4.97. The highest BCUT2D eigenvalue weighted by Gasteiger charge is 2.41. The zero-order valence-corrected chi connectivity index (χ0v) is 16.8. The van der Waals surface area contributed by atoms with Crippen LogP contribution in [0.4, 0.5) is 10.5 Å². The molecule has 1 atom stereocenters. The van der Waals surface area contributed by atoms with E-state index in [-0.39, 0.29) is 24.4 Å². The van der Waals surface area contributed by atoms with Crippen molar-refractivity contribution in [2.45, 2.75) is 31.1 Å². The molecule has 3 saturated heterocycles. The van der Waals surface area contributed by atoms with Gasteiger partial charge in [0.05, 0.1) is 33.5 Å². The van der Waals surface area contributed by atoms with Gasteiger partial charge in [-0.05, 0) is 12.1 Å². The molecule has 3 heterocycles. The van der Waals surface area contributed by atoms with Gasteiger partial charge in [0.2, 0.25) is 5.91 Å². The van der Waals surface area contributed by atoms with Crippen LogP contribution in [0, 0.1) is 0 Å². The van der Waals surface area contributed by atoms with Crippen LogP contribution in [0.1, 0.15) is 19.3 Å². The number of hydrogen-bond donors (Lipinski definition) is 1. The van der Waals surface area contributed by atoms with Gasteiger partial charge in [0.25, 0.3) is 0 Å². The first-order valence-electron chi connectivity index (χ1n) is 9.89. The molecule has 0 aliphatic carbocycles. The summed E-state index contributed by atoms with van der Waals surface area (Å²) in [4.78, 5) is 28.6. The Labute approximate surface area is 169 Å². The average Bonchev–Trinajstić information content (AvgIpc) is 3.34. The third kappa shape index (κ3) is 3.97. The molecule has 0 unspecified atom stereocenters. The van der Waals surface area contributed by atoms with Gasteiger partial charge in [-0.1, -0.05) is 0 Å². The van der Waals surface area contributed by atoms with Crippen molar-refractivity contribution in [1.82, 2.24) is 10.2 Å². The molecular weight excluding hydrogens is 378 g/mol. The largest absolute Gasteiger partial charge is 0.493 e. The predicted molar refractivity (Wildman–Crippen MR) is 104 cm³/mol. The zero-order valence-electron chi connectivity index (χ0n) is 16.8. The van der Waals surface area contributed by atoms with Crippen LogP contribution in [-0.2, 0) is 14.3 Å². The third-order valence-corrected chi connectivity index (χ3v) is 5.76. The number of amides is 3. The number of nitrogens with one attached hydrogen (secondary N) is 1. The van der Waals surface area contributed by atoms with E-state index in [1.165, 1.54) is 0 Å². The van der Waals surface area contributed by atoms with Crippen molar-refractivity contribution in [1.29, 1.82) is 0 Å². The zero-order chi connectivity index (χ0) is 20.4. The highest BCUT2D eigenvalue weighted by Crippen LogP contribution is 2.34. The molecule has 3 aliphatic rings. The lowest BCUT2D eigenvalue weighted by molar-refractivity contribution is -0.181. The van der Waals surface area contributed by atoms with Crippen LogP contribution in [0.3, 0.4) is 0 Å². The van der Waals surface area contributed by atoms with Crippen LogP contribution in [0.2, 0.25) is 0 Å². The second-order valence-electron chi connectivity index (χ2n) is 7.49. The molecule has 3 fully saturated rings. The number of hydrogen-bond acceptors (Lipinski definition) is 6. The fourth-order valence-electron chi connectivity index (χ4n) is 4.15. The molecule has 1 aromatic rings. The second kappa shape index (κ2) is 8.08. The number of piperidine rings is 1. The average molecular weight is 405 g/mol. The van der Waals surface area contributed by atoms with E-state index < -0.39 is 5.79 Å². The van der Waals surface area contributed by atoms with Crippen LogP contribution in [-0.4, -0.2) is 75.7 Å². The molecule has 1 aromatic carbocycles. The summed E-state index contributed by atoms with van der Waals surface area (Å²) in [7, 11) is 3.12. The molecule has 1 spiro atoms. The number of rotatable bonds is 4. The fraction of sp³-hybridized carbons (Fsp3) is 0.600. The molecule has 158 valence electrons. The van der Waals surface area contributed by atoms with Crippen molar-refractivity contribution in [2.75, 3.05) is 52.0 Å². The number of nitrogens with zero attached hydrogens (tertiary/aromatic N) is 2. The van der Waals surface area contributed by atoms with Gasteiger partial charge in [0.1, 0.15) is 0 Å². The topological polar surface area (TPSA) is 89.6 Å². The SMILES string of the molecule is COc1ccc(N2C[C@@H](NC(=O)N3CCC4(CC3)OCCO4)CC2=O)cc1OC. The number of methoxy groups -OCH3 is 2. The summed E-state index contributed by atoms with van der Waals surface area (Å²) in [5.41, 5.74) is 0.722. The lowest BCUT2D eigenvalue weighted by atomic mass is 10.0. The van der Waals surface area contributed by atoms with E-state index in [1.807, 2.05) is 6.07 Å². The minimum atomic E-state index is -0.510. The summed E-state index contributed by atoms with van der Waals surface area (Å²) < 4.78 is 22.0. The number of ether oxygens (including phenoxy) is 4. The molecule has 0 saturated carbocycles. The van der Waals surface area contributed by atoms with Gasteiger partial charge in [0, 0.05) is 50.7 Å². The van der Waals surface area contributed by atoms with Crippen molar-refractivity contribution >= 4 is 17.6 Å². The van der Waals surface area contributed by atoms with E-state index in [2.05, 4.69) is 5.32 Å². The van der Waals surface area contributed by atoms with Gasteiger partial charge in [-0.15, -0.1) is 0 Å². The maximum atomic E-state index is 12.7. The quantitative estimate of drug-likeness (QED) is 0.814. The van der Waals surface area contributed by atoms with Gasteiger partial charge >= 0.3 is 6.03 Å². The Kier molecular flexibility index (Phi) is 5.51. The van der Waals surface area contributed by atoms with Crippen molar-refractivity contribution in [3.63, 3.8) is 0 Å². The van der Waals surface area contributed by atoms with E-state index in [4.69, 9.17) is 18.9 Å². The number of carbonyl (C=O) groups excluding carboxylic acids is 2. The summed E-state index contributed by atoms with van der Waals surface area (Å²) in [6.07, 6.45) is 1.60. The molecule has 9 nitrogen and oxygen atoms in total. The molecule has 4 rings (SSSR count). The summed E-state index contributed by atoms with van der Waals surface area (Å²) in [5.74, 6) is 0.618. The minimum absolute atomic E-state index is 0.0344. The summed E-state index contributed by atoms with van der Waals surface area (Å²) in [5, 5.41) is 3.00. The minimum Gasteiger partial charge on any atom is -0.493 e. The highest BCUT2D eigenvalue weighted by molar-refractivity contribution is 5.97. The number of carbonyl (C=O) groups is 2. The Bertz CT molecular complexity index is 769. The molecule has 1 N–H and O–H groups in total. The van der Waals surface area contributed by atoms with E-state index in [1.54, 1.807) is 36.2 Å². The van der Waals surface area contributed by atoms with Gasteiger partial charge in [-0.2, -0.15) is 0 Å². The Balaban J connectivity index is 1.34. The Hall–Kier alpha value is -2.52. The number of benzene rings is 1. The maximum Gasteiger partial charge on any atom is 0.317 e. The van der Waals surface area contributed by atoms with Crippen LogP contribution >= 0.6 is 0 Å². The standard InChI is InChI=1S/C20H27N3O6/c1-26-16-4-3-15(12-17(16)27-2)23-13-14(11-18(23)24)21-19(25)22-7-5-20(6-8-22)28-9-10-29-20/h3-4,12,14H,5-11,13H2,1-2H3,(H,21,25)/t14-/m0/s1. The first-order chi connectivity index (χ1) is 14.0. The lowest BCUT2D eigenvalue weighted by Gasteiger charge is -2.37. The second-order valence-corrected chi connectivity index (χ2v) is 7.49. The molecule has 0 bridgehead atoms. The van der Waals surface area contributed by atoms with Crippen LogP contribution in [0.15, 0.2) is 18.2 Å². The van der Waals surface area contributed by atoms with Gasteiger partial charge in [0.15, 0.2) is 17.3 Å². The van der Waals surface area contributed by atoms with Crippen LogP contribution in [0.5, 0.6) is 11.5 Å². The Morgan fingerprint density at radius 2 is 1.83 bits per heavy atom. The molecule has 29 heavy (non-hydrogen) atoms. The van der Waals surface area contributed by atoms with Crippen LogP contribution in [0.25, 0.3) is 0 Å². The maximum absolute atomic E-state index is 12.7. The van der Waals surface area contributed by atoms with Crippen molar-refractivity contribution in [2.24, 2.45) is 0 Å². The Morgan fingerprint density at radius 1 is 1.14 bits per heavy atom. The summed E-state index contributed by atoms with van der Waals surface area (Å²) in [6.45, 7) is 2.80. The van der Waals surface area contributed by atoms with E-state index >= 15 is 0 Å². The number of urea groups is 1. The molecule has 0 radical (unpaired) electrons. The molecular formula is C20H27N3O6. The fourth-order valence-corrected chi connectivity index (χ4v) is 4.15. The van der Waals surface area contributed by atoms with Gasteiger partial charge in [-0.25, -0.2) is 4.79 Å². The van der Waals surface area contributed by atoms with Crippen molar-refractivity contribution in [3.8, 4) is 11.5 Å². The van der Waals surface area contributed by atoms with Gasteiger partial charge < -0.3 is 34.1 Å². The monoisotopic (exact) mass is 405 g/mol. The van der Waals surface area contributed by atoms with E-state index in [9.17, 15) is 9.59 Å². The highest BCUT2D eigenvalue weighted by atomic mass is 16.7. The number of anilines is 1.